The van der Waals surface area contributed by atoms with E-state index in [0.717, 1.165) is 24.1 Å². The van der Waals surface area contributed by atoms with E-state index < -0.39 is 0 Å². The van der Waals surface area contributed by atoms with Crippen LogP contribution in [0.2, 0.25) is 0 Å². The molecule has 0 amide bonds. The predicted molar refractivity (Wildman–Crippen MR) is 69.8 cm³/mol. The van der Waals surface area contributed by atoms with Gasteiger partial charge >= 0.3 is 0 Å². The first-order valence-corrected chi connectivity index (χ1v) is 6.37. The molecule has 0 saturated carbocycles. The smallest absolute Gasteiger partial charge is 0.123 e. The van der Waals surface area contributed by atoms with Crippen molar-refractivity contribution in [3.05, 3.63) is 41.3 Å². The lowest BCUT2D eigenvalue weighted by Gasteiger charge is -2.29. The first kappa shape index (κ1) is 11.5. The van der Waals surface area contributed by atoms with Crippen LogP contribution >= 0.6 is 0 Å². The molecule has 94 valence electrons. The minimum Gasteiger partial charge on any atom is -0.282 e. The van der Waals surface area contributed by atoms with E-state index in [4.69, 9.17) is 0 Å². The molecule has 1 aliphatic carbocycles. The molecule has 0 radical (unpaired) electrons. The van der Waals surface area contributed by atoms with Gasteiger partial charge in [0.1, 0.15) is 5.82 Å². The Labute approximate surface area is 106 Å². The molecule has 2 aromatic rings. The molecule has 1 N–H and O–H groups in total. The van der Waals surface area contributed by atoms with Crippen molar-refractivity contribution in [3.8, 4) is 11.3 Å². The van der Waals surface area contributed by atoms with Gasteiger partial charge in [0.15, 0.2) is 0 Å². The van der Waals surface area contributed by atoms with E-state index in [0.29, 0.717) is 5.41 Å². The van der Waals surface area contributed by atoms with Gasteiger partial charge in [-0.1, -0.05) is 26.0 Å². The van der Waals surface area contributed by atoms with Gasteiger partial charge in [-0.25, -0.2) is 4.39 Å². The van der Waals surface area contributed by atoms with Crippen molar-refractivity contribution in [1.82, 2.24) is 10.2 Å². The summed E-state index contributed by atoms with van der Waals surface area (Å²) in [6, 6.07) is 6.67. The monoisotopic (exact) mass is 244 g/mol. The molecule has 1 aliphatic rings. The van der Waals surface area contributed by atoms with Crippen LogP contribution in [0.1, 0.15) is 31.5 Å². The second-order valence-electron chi connectivity index (χ2n) is 5.88. The summed E-state index contributed by atoms with van der Waals surface area (Å²) < 4.78 is 13.3. The maximum absolute atomic E-state index is 13.3. The average molecular weight is 244 g/mol. The third-order valence-corrected chi connectivity index (χ3v) is 3.76. The van der Waals surface area contributed by atoms with Crippen molar-refractivity contribution < 1.29 is 4.39 Å². The molecular weight excluding hydrogens is 227 g/mol. The molecule has 2 nitrogen and oxygen atoms in total. The normalized spacial score (nSPS) is 17.5. The fraction of sp³-hybridized carbons (Fsp3) is 0.400. The Balaban J connectivity index is 2.07. The van der Waals surface area contributed by atoms with E-state index in [9.17, 15) is 4.39 Å². The highest BCUT2D eigenvalue weighted by Crippen LogP contribution is 2.38. The number of nitrogens with zero attached hydrogens (tertiary/aromatic N) is 1. The van der Waals surface area contributed by atoms with Crippen molar-refractivity contribution in [2.24, 2.45) is 5.41 Å². The molecule has 0 fully saturated rings. The van der Waals surface area contributed by atoms with Crippen molar-refractivity contribution in [2.45, 2.75) is 33.1 Å². The molecule has 3 rings (SSSR count). The SMILES string of the molecule is CC1(C)CCc2[nH]nc(-c3cccc(F)c3)c2C1. The molecule has 0 saturated heterocycles. The summed E-state index contributed by atoms with van der Waals surface area (Å²) in [5.74, 6) is -0.209. The van der Waals surface area contributed by atoms with Crippen LogP contribution in [0.4, 0.5) is 4.39 Å². The Morgan fingerprint density at radius 1 is 1.33 bits per heavy atom. The van der Waals surface area contributed by atoms with E-state index in [1.54, 1.807) is 12.1 Å². The maximum atomic E-state index is 13.3. The minimum atomic E-state index is -0.209. The molecular formula is C15H17FN2. The van der Waals surface area contributed by atoms with Gasteiger partial charge in [-0.3, -0.25) is 5.10 Å². The van der Waals surface area contributed by atoms with Crippen molar-refractivity contribution in [1.29, 1.82) is 0 Å². The number of nitrogens with one attached hydrogen (secondary N) is 1. The van der Waals surface area contributed by atoms with Gasteiger partial charge in [0.25, 0.3) is 0 Å². The highest BCUT2D eigenvalue weighted by atomic mass is 19.1. The quantitative estimate of drug-likeness (QED) is 0.813. The summed E-state index contributed by atoms with van der Waals surface area (Å²) in [5.41, 5.74) is 4.56. The van der Waals surface area contributed by atoms with Crippen LogP contribution < -0.4 is 0 Å². The zero-order chi connectivity index (χ0) is 12.8. The van der Waals surface area contributed by atoms with Gasteiger partial charge in [-0.05, 0) is 36.8 Å². The molecule has 3 heteroatoms. The summed E-state index contributed by atoms with van der Waals surface area (Å²) in [4.78, 5) is 0. The Hall–Kier alpha value is -1.64. The van der Waals surface area contributed by atoms with Crippen LogP contribution in [-0.2, 0) is 12.8 Å². The Morgan fingerprint density at radius 2 is 2.17 bits per heavy atom. The van der Waals surface area contributed by atoms with Crippen LogP contribution in [0.3, 0.4) is 0 Å². The van der Waals surface area contributed by atoms with Gasteiger partial charge in [0.05, 0.1) is 5.69 Å². The number of rotatable bonds is 1. The first-order chi connectivity index (χ1) is 8.55. The van der Waals surface area contributed by atoms with E-state index in [1.165, 1.54) is 23.7 Å². The molecule has 0 bridgehead atoms. The summed E-state index contributed by atoms with van der Waals surface area (Å²) >= 11 is 0. The molecule has 1 aromatic carbocycles. The van der Waals surface area contributed by atoms with E-state index in [1.807, 2.05) is 6.07 Å². The molecule has 1 heterocycles. The predicted octanol–water partition coefficient (Wildman–Crippen LogP) is 3.73. The highest BCUT2D eigenvalue weighted by Gasteiger charge is 2.29. The lowest BCUT2D eigenvalue weighted by Crippen LogP contribution is -2.21. The molecule has 0 atom stereocenters. The van der Waals surface area contributed by atoms with Gasteiger partial charge in [0, 0.05) is 16.8 Å². The van der Waals surface area contributed by atoms with Crippen LogP contribution in [0.15, 0.2) is 24.3 Å². The summed E-state index contributed by atoms with van der Waals surface area (Å²) in [7, 11) is 0. The topological polar surface area (TPSA) is 28.7 Å². The Morgan fingerprint density at radius 3 is 2.94 bits per heavy atom. The number of aromatic nitrogens is 2. The fourth-order valence-electron chi connectivity index (χ4n) is 2.70. The van der Waals surface area contributed by atoms with E-state index in [2.05, 4.69) is 24.0 Å². The lowest BCUT2D eigenvalue weighted by molar-refractivity contribution is 0.314. The van der Waals surface area contributed by atoms with Gasteiger partial charge < -0.3 is 0 Å². The summed E-state index contributed by atoms with van der Waals surface area (Å²) in [6.45, 7) is 4.55. The zero-order valence-electron chi connectivity index (χ0n) is 10.8. The van der Waals surface area contributed by atoms with Gasteiger partial charge in [-0.2, -0.15) is 5.10 Å². The number of hydrogen-bond donors (Lipinski definition) is 1. The number of hydrogen-bond acceptors (Lipinski definition) is 1. The third kappa shape index (κ3) is 1.94. The van der Waals surface area contributed by atoms with Crippen LogP contribution in [0, 0.1) is 11.2 Å². The lowest BCUT2D eigenvalue weighted by atomic mass is 9.75. The van der Waals surface area contributed by atoms with Crippen LogP contribution in [0.25, 0.3) is 11.3 Å². The van der Waals surface area contributed by atoms with Crippen molar-refractivity contribution >= 4 is 0 Å². The van der Waals surface area contributed by atoms with Crippen molar-refractivity contribution in [3.63, 3.8) is 0 Å². The number of fused-ring (bicyclic) bond motifs is 1. The third-order valence-electron chi connectivity index (χ3n) is 3.76. The fourth-order valence-corrected chi connectivity index (χ4v) is 2.70. The first-order valence-electron chi connectivity index (χ1n) is 6.37. The standard InChI is InChI=1S/C15H17FN2/c1-15(2)7-6-13-12(9-15)14(18-17-13)10-4-3-5-11(16)8-10/h3-5,8H,6-7,9H2,1-2H3,(H,17,18). The average Bonchev–Trinajstić information content (AvgIpc) is 2.70. The van der Waals surface area contributed by atoms with Gasteiger partial charge in [-0.15, -0.1) is 0 Å². The molecule has 18 heavy (non-hydrogen) atoms. The second-order valence-corrected chi connectivity index (χ2v) is 5.88. The number of aryl methyl sites for hydroxylation is 1. The molecule has 0 unspecified atom stereocenters. The van der Waals surface area contributed by atoms with Crippen LogP contribution in [0.5, 0.6) is 0 Å². The molecule has 0 spiro atoms. The number of benzene rings is 1. The number of halogens is 1. The maximum Gasteiger partial charge on any atom is 0.123 e. The van der Waals surface area contributed by atoms with Crippen molar-refractivity contribution in [2.75, 3.05) is 0 Å². The highest BCUT2D eigenvalue weighted by molar-refractivity contribution is 5.64. The molecule has 0 aliphatic heterocycles. The van der Waals surface area contributed by atoms with E-state index >= 15 is 0 Å². The Kier molecular flexibility index (Phi) is 2.51. The largest absolute Gasteiger partial charge is 0.282 e. The van der Waals surface area contributed by atoms with Crippen LogP contribution in [-0.4, -0.2) is 10.2 Å². The number of aromatic amines is 1. The Bertz CT molecular complexity index is 584. The summed E-state index contributed by atoms with van der Waals surface area (Å²) in [5, 5.41) is 7.49. The minimum absolute atomic E-state index is 0.209. The summed E-state index contributed by atoms with van der Waals surface area (Å²) in [6.07, 6.45) is 3.21. The van der Waals surface area contributed by atoms with Gasteiger partial charge in [0.2, 0.25) is 0 Å². The van der Waals surface area contributed by atoms with E-state index in [-0.39, 0.29) is 5.82 Å². The second kappa shape index (κ2) is 3.94. The zero-order valence-corrected chi connectivity index (χ0v) is 10.8. The number of H-pyrrole nitrogens is 1. The molecule has 1 aromatic heterocycles.